The molecule has 7 unspecified atom stereocenters. The zero-order valence-electron chi connectivity index (χ0n) is 20.3. The number of rotatable bonds is 1. The summed E-state index contributed by atoms with van der Waals surface area (Å²) in [5, 5.41) is 10.5. The third-order valence-corrected chi connectivity index (χ3v) is 12.4. The molecule has 7 atom stereocenters. The molecule has 0 radical (unpaired) electrons. The summed E-state index contributed by atoms with van der Waals surface area (Å²) in [5.41, 5.74) is 6.56. The zero-order chi connectivity index (χ0) is 23.6. The van der Waals surface area contributed by atoms with Gasteiger partial charge in [0.1, 0.15) is 0 Å². The van der Waals surface area contributed by atoms with Crippen LogP contribution in [-0.2, 0) is 14.3 Å². The Morgan fingerprint density at radius 1 is 1.09 bits per heavy atom. The molecule has 34 heavy (non-hydrogen) atoms. The van der Waals surface area contributed by atoms with Gasteiger partial charge in [-0.25, -0.2) is 0 Å². The van der Waals surface area contributed by atoms with E-state index in [4.69, 9.17) is 4.74 Å². The molecular weight excluding hydrogens is 424 g/mol. The number of esters is 1. The lowest BCUT2D eigenvalue weighted by atomic mass is 9.47. The lowest BCUT2D eigenvalue weighted by molar-refractivity contribution is -0.167. The predicted octanol–water partition coefficient (Wildman–Crippen LogP) is 5.68. The average Bonchev–Trinajstić information content (AvgIpc) is 3.75. The summed E-state index contributed by atoms with van der Waals surface area (Å²) in [7, 11) is 1.57. The number of carbonyl (C=O) groups is 2. The second kappa shape index (κ2) is 5.24. The first kappa shape index (κ1) is 19.9. The summed E-state index contributed by atoms with van der Waals surface area (Å²) < 4.78 is 5.51. The molecule has 0 heterocycles. The summed E-state index contributed by atoms with van der Waals surface area (Å²) >= 11 is 0. The number of carbonyl (C=O) groups excluding carboxylic acids is 2. The normalized spacial score (nSPS) is 50.9. The van der Waals surface area contributed by atoms with Gasteiger partial charge in [-0.05, 0) is 99.0 Å². The van der Waals surface area contributed by atoms with Gasteiger partial charge in [0.05, 0.1) is 12.5 Å². The summed E-state index contributed by atoms with van der Waals surface area (Å²) in [6.45, 7) is 8.21. The van der Waals surface area contributed by atoms with E-state index in [-0.39, 0.29) is 44.6 Å². The van der Waals surface area contributed by atoms with Crippen LogP contribution < -0.4 is 0 Å². The molecule has 0 saturated heterocycles. The smallest absolute Gasteiger partial charge is 0.312 e. The third-order valence-electron chi connectivity index (χ3n) is 12.4. The van der Waals surface area contributed by atoms with Crippen molar-refractivity contribution in [3.05, 3.63) is 57.9 Å². The van der Waals surface area contributed by atoms with Crippen molar-refractivity contribution in [3.63, 3.8) is 0 Å². The first-order valence-corrected chi connectivity index (χ1v) is 13.0. The van der Waals surface area contributed by atoms with Gasteiger partial charge >= 0.3 is 5.97 Å². The third kappa shape index (κ3) is 1.62. The van der Waals surface area contributed by atoms with E-state index in [1.807, 2.05) is 13.8 Å². The second-order valence-corrected chi connectivity index (χ2v) is 13.0. The highest BCUT2D eigenvalue weighted by Crippen LogP contribution is 3.01. The molecule has 8 aliphatic rings. The fraction of sp³-hybridized carbons (Fsp3) is 0.600. The maximum Gasteiger partial charge on any atom is 0.312 e. The van der Waals surface area contributed by atoms with Crippen molar-refractivity contribution in [1.82, 2.24) is 0 Å². The topological polar surface area (TPSA) is 63.6 Å². The standard InChI is InChI=1S/C30H32O4/c1-15-7-8-26(25(33)34-4)10-19-13-30(19)21-6-5-20-16(2)23(31)24(32)17(3)22(20)29(21)12-18(29)11-28(30)14-27(26,28)9-15/h5-6,18-19,31H,1,7-14H2,2-4H3. The van der Waals surface area contributed by atoms with Crippen molar-refractivity contribution in [1.29, 1.82) is 0 Å². The van der Waals surface area contributed by atoms with E-state index in [1.165, 1.54) is 17.6 Å². The average molecular weight is 457 g/mol. The number of aliphatic hydroxyl groups excluding tert-OH is 1. The minimum Gasteiger partial charge on any atom is -0.504 e. The zero-order valence-corrected chi connectivity index (χ0v) is 20.3. The van der Waals surface area contributed by atoms with Gasteiger partial charge in [0, 0.05) is 22.0 Å². The number of fused-ring (bicyclic) bond motifs is 1. The van der Waals surface area contributed by atoms with Crippen LogP contribution in [0.25, 0.3) is 0 Å². The van der Waals surface area contributed by atoms with E-state index in [1.54, 1.807) is 12.7 Å². The van der Waals surface area contributed by atoms with Crippen LogP contribution in [0.2, 0.25) is 0 Å². The molecule has 0 aliphatic heterocycles. The fourth-order valence-electron chi connectivity index (χ4n) is 11.1. The lowest BCUT2D eigenvalue weighted by Gasteiger charge is -2.56. The maximum atomic E-state index is 13.5. The van der Waals surface area contributed by atoms with Crippen LogP contribution in [0.5, 0.6) is 0 Å². The van der Waals surface area contributed by atoms with Crippen LogP contribution in [0.3, 0.4) is 0 Å². The van der Waals surface area contributed by atoms with E-state index in [2.05, 4.69) is 18.7 Å². The molecule has 8 rings (SSSR count). The van der Waals surface area contributed by atoms with E-state index >= 15 is 0 Å². The monoisotopic (exact) mass is 456 g/mol. The molecule has 0 amide bonds. The number of methoxy groups -OCH3 is 1. The Labute approximate surface area is 200 Å². The molecule has 4 heteroatoms. The highest BCUT2D eigenvalue weighted by molar-refractivity contribution is 6.10. The number of hydrogen-bond donors (Lipinski definition) is 1. The van der Waals surface area contributed by atoms with Crippen LogP contribution in [0.4, 0.5) is 0 Å². The molecule has 0 aromatic rings. The van der Waals surface area contributed by atoms with Gasteiger partial charge in [0.2, 0.25) is 5.78 Å². The Morgan fingerprint density at radius 2 is 1.88 bits per heavy atom. The second-order valence-electron chi connectivity index (χ2n) is 13.0. The van der Waals surface area contributed by atoms with Gasteiger partial charge in [0.25, 0.3) is 0 Å². The number of ether oxygens (including phenoxy) is 1. The van der Waals surface area contributed by atoms with Crippen molar-refractivity contribution < 1.29 is 19.4 Å². The predicted molar refractivity (Wildman–Crippen MR) is 126 cm³/mol. The first-order valence-electron chi connectivity index (χ1n) is 13.0. The molecule has 0 aromatic carbocycles. The van der Waals surface area contributed by atoms with E-state index < -0.39 is 0 Å². The Morgan fingerprint density at radius 3 is 2.65 bits per heavy atom. The van der Waals surface area contributed by atoms with Gasteiger partial charge in [-0.1, -0.05) is 29.9 Å². The number of aliphatic hydroxyl groups is 1. The molecule has 0 aromatic heterocycles. The highest BCUT2D eigenvalue weighted by atomic mass is 16.5. The van der Waals surface area contributed by atoms with Crippen LogP contribution in [0, 0.1) is 38.9 Å². The van der Waals surface area contributed by atoms with Crippen LogP contribution in [-0.4, -0.2) is 24.0 Å². The maximum absolute atomic E-state index is 13.5. The Balaban J connectivity index is 1.34. The van der Waals surface area contributed by atoms with E-state index in [9.17, 15) is 14.7 Å². The van der Waals surface area contributed by atoms with Gasteiger partial charge < -0.3 is 9.84 Å². The van der Waals surface area contributed by atoms with Gasteiger partial charge in [-0.3, -0.25) is 9.59 Å². The van der Waals surface area contributed by atoms with Gasteiger partial charge in [0.15, 0.2) is 5.76 Å². The molecule has 6 fully saturated rings. The minimum absolute atomic E-state index is 0.00505. The molecule has 6 saturated carbocycles. The van der Waals surface area contributed by atoms with Gasteiger partial charge in [-0.15, -0.1) is 0 Å². The molecular formula is C30H32O4. The van der Waals surface area contributed by atoms with E-state index in [0.717, 1.165) is 61.7 Å². The quantitative estimate of drug-likeness (QED) is 0.407. The van der Waals surface area contributed by atoms with Crippen molar-refractivity contribution in [3.8, 4) is 0 Å². The van der Waals surface area contributed by atoms with Crippen molar-refractivity contribution in [2.75, 3.05) is 7.11 Å². The fourth-order valence-corrected chi connectivity index (χ4v) is 11.1. The summed E-state index contributed by atoms with van der Waals surface area (Å²) in [4.78, 5) is 26.4. The Bertz CT molecular complexity index is 1320. The largest absolute Gasteiger partial charge is 0.504 e. The summed E-state index contributed by atoms with van der Waals surface area (Å²) in [6, 6.07) is 0. The summed E-state index contributed by atoms with van der Waals surface area (Å²) in [5.74, 6) is 0.782. The van der Waals surface area contributed by atoms with Crippen LogP contribution >= 0.6 is 0 Å². The lowest BCUT2D eigenvalue weighted by Crippen LogP contribution is -2.54. The number of ketones is 1. The van der Waals surface area contributed by atoms with Crippen molar-refractivity contribution in [2.45, 2.75) is 65.2 Å². The molecule has 4 nitrogen and oxygen atoms in total. The van der Waals surface area contributed by atoms with Gasteiger partial charge in [-0.2, -0.15) is 0 Å². The van der Waals surface area contributed by atoms with E-state index in [0.29, 0.717) is 11.8 Å². The van der Waals surface area contributed by atoms with Crippen molar-refractivity contribution >= 4 is 11.8 Å². The number of Topliss-reactive ketones (excluding diaryl/α,β-unsaturated/α-hetero) is 1. The van der Waals surface area contributed by atoms with Crippen LogP contribution in [0.15, 0.2) is 57.9 Å². The number of hydrogen-bond acceptors (Lipinski definition) is 4. The first-order chi connectivity index (χ1) is 16.2. The Kier molecular flexibility index (Phi) is 3.07. The minimum atomic E-state index is -0.347. The number of allylic oxidation sites excluding steroid dienone is 8. The van der Waals surface area contributed by atoms with Crippen molar-refractivity contribution in [2.24, 2.45) is 38.9 Å². The molecule has 4 spiro atoms. The molecule has 8 aliphatic carbocycles. The van der Waals surface area contributed by atoms with Crippen LogP contribution in [0.1, 0.15) is 65.2 Å². The highest BCUT2D eigenvalue weighted by Gasteiger charge is 2.95. The SMILES string of the molecule is C=C1CCC2(C(=O)OC)CC3CC34C3=CC=C5C(C)=C(O)C(=O)C(C)=C5C35CC5CC43CC23C1. The molecule has 176 valence electrons. The Hall–Kier alpha value is -2.36. The molecule has 1 N–H and O–H groups in total. The molecule has 0 bridgehead atoms. The summed E-state index contributed by atoms with van der Waals surface area (Å²) in [6.07, 6.45) is 12.9.